The smallest absolute Gasteiger partial charge is 0.407 e. The second-order valence-corrected chi connectivity index (χ2v) is 15.8. The largest absolute Gasteiger partial charge is 0.487 e. The Morgan fingerprint density at radius 1 is 0.656 bits per heavy atom. The molecule has 64 heavy (non-hydrogen) atoms. The van der Waals surface area contributed by atoms with Gasteiger partial charge in [-0.1, -0.05) is 38.1 Å². The third kappa shape index (κ3) is 10.9. The first-order chi connectivity index (χ1) is 31.0. The van der Waals surface area contributed by atoms with Gasteiger partial charge in [-0.3, -0.25) is 9.59 Å². The SMILES string of the molecule is COCCOc1c(-c2ccc(-c3cnc(C4CCCN4C(=O)C(NC(=O)OC)C(C)C)[nH]3)cc2)ccc(-c2cnc(C3CCCN3C(=O)C(COC)NC(=O)OC)[nH]2)c1OCCOC. The average Bonchev–Trinajstić information content (AvgIpc) is 4.15. The lowest BCUT2D eigenvalue weighted by Gasteiger charge is -2.30. The molecule has 19 nitrogen and oxygen atoms in total. The third-order valence-electron chi connectivity index (χ3n) is 11.4. The average molecular weight is 889 g/mol. The summed E-state index contributed by atoms with van der Waals surface area (Å²) in [4.78, 5) is 71.3. The van der Waals surface area contributed by atoms with E-state index in [1.165, 1.54) is 21.3 Å². The molecular weight excluding hydrogens is 829 g/mol. The van der Waals surface area contributed by atoms with Crippen LogP contribution in [-0.2, 0) is 33.3 Å². The molecule has 2 aromatic carbocycles. The molecule has 2 fully saturated rings. The molecule has 0 saturated carbocycles. The minimum Gasteiger partial charge on any atom is -0.487 e. The van der Waals surface area contributed by atoms with E-state index in [4.69, 9.17) is 43.1 Å². The van der Waals surface area contributed by atoms with Crippen LogP contribution >= 0.6 is 0 Å². The van der Waals surface area contributed by atoms with Crippen LogP contribution in [0.2, 0.25) is 0 Å². The van der Waals surface area contributed by atoms with Crippen LogP contribution in [0.25, 0.3) is 33.6 Å². The number of H-pyrrole nitrogens is 2. The summed E-state index contributed by atoms with van der Waals surface area (Å²) >= 11 is 0. The highest BCUT2D eigenvalue weighted by Crippen LogP contribution is 2.46. The Morgan fingerprint density at radius 3 is 1.73 bits per heavy atom. The van der Waals surface area contributed by atoms with E-state index in [0.717, 1.165) is 41.6 Å². The number of aromatic nitrogens is 4. The topological polar surface area (TPSA) is 221 Å². The number of nitrogens with one attached hydrogen (secondary N) is 4. The zero-order valence-electron chi connectivity index (χ0n) is 37.6. The van der Waals surface area contributed by atoms with Gasteiger partial charge in [0, 0.05) is 45.5 Å². The fraction of sp³-hybridized carbons (Fsp3) is 0.511. The fourth-order valence-corrected chi connectivity index (χ4v) is 8.12. The van der Waals surface area contributed by atoms with E-state index in [-0.39, 0.29) is 49.6 Å². The number of carbonyl (C=O) groups excluding carboxylic acids is 4. The lowest BCUT2D eigenvalue weighted by molar-refractivity contribution is -0.136. The standard InChI is InChI=1S/C45H60N8O11/c1-27(2)37(51-45(57)62-7)43(55)53-19-9-11-36(53)40-46-24-32(48-40)29-14-12-28(13-15-29)30-16-17-31(39(64-23-21-59-4)38(30)63-22-20-58-3)33-25-47-41(49-33)35-10-8-18-52(35)42(54)34(26-60-5)50-44(56)61-6/h12-17,24-25,27,34-37H,8-11,18-23,26H2,1-7H3,(H,46,48)(H,47,49)(H,50,56)(H,51,57). The van der Waals surface area contributed by atoms with E-state index < -0.39 is 24.3 Å². The number of carbonyl (C=O) groups is 4. The second-order valence-electron chi connectivity index (χ2n) is 15.8. The lowest BCUT2D eigenvalue weighted by atomic mass is 9.98. The molecule has 0 aliphatic carbocycles. The van der Waals surface area contributed by atoms with Crippen LogP contribution in [0.5, 0.6) is 11.5 Å². The Morgan fingerprint density at radius 2 is 1.17 bits per heavy atom. The molecule has 19 heteroatoms. The van der Waals surface area contributed by atoms with Gasteiger partial charge >= 0.3 is 12.2 Å². The van der Waals surface area contributed by atoms with Gasteiger partial charge in [-0.2, -0.15) is 0 Å². The van der Waals surface area contributed by atoms with Gasteiger partial charge in [0.15, 0.2) is 11.5 Å². The van der Waals surface area contributed by atoms with Crippen molar-refractivity contribution in [3.63, 3.8) is 0 Å². The number of imidazole rings is 2. The molecule has 2 aliphatic rings. The molecule has 0 spiro atoms. The summed E-state index contributed by atoms with van der Waals surface area (Å²) in [5, 5.41) is 5.27. The van der Waals surface area contributed by atoms with E-state index in [2.05, 4.69) is 20.6 Å². The van der Waals surface area contributed by atoms with Gasteiger partial charge in [-0.15, -0.1) is 0 Å². The molecule has 2 aromatic heterocycles. The highest BCUT2D eigenvalue weighted by atomic mass is 16.6. The molecule has 4 amide bonds. The van der Waals surface area contributed by atoms with Crippen LogP contribution in [0.1, 0.15) is 63.3 Å². The predicted octanol–water partition coefficient (Wildman–Crippen LogP) is 5.26. The van der Waals surface area contributed by atoms with E-state index >= 15 is 0 Å². The van der Waals surface area contributed by atoms with Crippen molar-refractivity contribution in [2.75, 3.05) is 81.7 Å². The first-order valence-electron chi connectivity index (χ1n) is 21.4. The number of amides is 4. The summed E-state index contributed by atoms with van der Waals surface area (Å²) in [6.07, 6.45) is 5.07. The van der Waals surface area contributed by atoms with Gasteiger partial charge in [0.25, 0.3) is 0 Å². The summed E-state index contributed by atoms with van der Waals surface area (Å²) in [6, 6.07) is 9.59. The lowest BCUT2D eigenvalue weighted by Crippen LogP contribution is -2.51. The molecule has 0 radical (unpaired) electrons. The zero-order valence-corrected chi connectivity index (χ0v) is 37.6. The van der Waals surface area contributed by atoms with Crippen molar-refractivity contribution >= 4 is 24.0 Å². The van der Waals surface area contributed by atoms with Gasteiger partial charge < -0.3 is 63.6 Å². The number of nitrogens with zero attached hydrogens (tertiary/aromatic N) is 4. The summed E-state index contributed by atoms with van der Waals surface area (Å²) in [5.74, 6) is 1.62. The van der Waals surface area contributed by atoms with Gasteiger partial charge in [0.05, 0.1) is 69.9 Å². The second kappa shape index (κ2) is 22.4. The molecule has 346 valence electrons. The number of ether oxygens (including phenoxy) is 7. The zero-order chi connectivity index (χ0) is 45.8. The minimum absolute atomic E-state index is 0.0185. The van der Waals surface area contributed by atoms with Crippen LogP contribution in [0.4, 0.5) is 9.59 Å². The number of likely N-dealkylation sites (tertiary alicyclic amines) is 2. The molecule has 4 atom stereocenters. The Bertz CT molecular complexity index is 2190. The maximum absolute atomic E-state index is 13.7. The van der Waals surface area contributed by atoms with Crippen molar-refractivity contribution in [2.45, 2.75) is 63.7 Å². The number of methoxy groups -OCH3 is 5. The molecule has 2 aliphatic heterocycles. The maximum Gasteiger partial charge on any atom is 0.407 e. The van der Waals surface area contributed by atoms with E-state index in [1.54, 1.807) is 36.4 Å². The fourth-order valence-electron chi connectivity index (χ4n) is 8.12. The van der Waals surface area contributed by atoms with Crippen molar-refractivity contribution in [1.29, 1.82) is 0 Å². The van der Waals surface area contributed by atoms with Crippen LogP contribution < -0.4 is 20.1 Å². The van der Waals surface area contributed by atoms with Crippen LogP contribution in [0, 0.1) is 5.92 Å². The van der Waals surface area contributed by atoms with Crippen molar-refractivity contribution in [3.8, 4) is 45.1 Å². The summed E-state index contributed by atoms with van der Waals surface area (Å²) in [7, 11) is 7.19. The Hall–Kier alpha value is -6.18. The van der Waals surface area contributed by atoms with E-state index in [1.807, 2.05) is 50.2 Å². The van der Waals surface area contributed by atoms with Crippen molar-refractivity contribution < 1.29 is 52.3 Å². The van der Waals surface area contributed by atoms with Gasteiger partial charge in [-0.25, -0.2) is 19.6 Å². The Labute approximate surface area is 372 Å². The normalized spacial score (nSPS) is 17.0. The van der Waals surface area contributed by atoms with Crippen LogP contribution in [0.15, 0.2) is 48.8 Å². The first kappa shape index (κ1) is 47.3. The predicted molar refractivity (Wildman–Crippen MR) is 235 cm³/mol. The first-order valence-corrected chi connectivity index (χ1v) is 21.4. The van der Waals surface area contributed by atoms with Gasteiger partial charge in [0.1, 0.15) is 36.9 Å². The highest BCUT2D eigenvalue weighted by Gasteiger charge is 2.39. The Kier molecular flexibility index (Phi) is 16.6. The summed E-state index contributed by atoms with van der Waals surface area (Å²) < 4.78 is 38.4. The quantitative estimate of drug-likeness (QED) is 0.0833. The number of alkyl carbamates (subject to hydrolysis) is 2. The molecule has 4 heterocycles. The maximum atomic E-state index is 13.7. The number of benzene rings is 2. The number of aromatic amines is 2. The molecule has 4 unspecified atom stereocenters. The minimum atomic E-state index is -0.930. The van der Waals surface area contributed by atoms with Crippen LogP contribution in [0.3, 0.4) is 0 Å². The molecule has 4 aromatic rings. The highest BCUT2D eigenvalue weighted by molar-refractivity contribution is 5.87. The van der Waals surface area contributed by atoms with Gasteiger partial charge in [0.2, 0.25) is 11.8 Å². The third-order valence-corrected chi connectivity index (χ3v) is 11.4. The summed E-state index contributed by atoms with van der Waals surface area (Å²) in [6.45, 7) is 5.93. The monoisotopic (exact) mass is 888 g/mol. The number of rotatable bonds is 20. The molecule has 4 N–H and O–H groups in total. The molecule has 6 rings (SSSR count). The summed E-state index contributed by atoms with van der Waals surface area (Å²) in [5.41, 5.74) is 4.66. The van der Waals surface area contributed by atoms with Gasteiger partial charge in [-0.05, 0) is 54.9 Å². The Balaban J connectivity index is 1.28. The van der Waals surface area contributed by atoms with Crippen molar-refractivity contribution in [3.05, 3.63) is 60.4 Å². The number of hydrogen-bond donors (Lipinski definition) is 4. The molecular formula is C45H60N8O11. The van der Waals surface area contributed by atoms with E-state index in [0.29, 0.717) is 67.1 Å². The van der Waals surface area contributed by atoms with Crippen molar-refractivity contribution in [2.24, 2.45) is 5.92 Å². The van der Waals surface area contributed by atoms with Crippen molar-refractivity contribution in [1.82, 2.24) is 40.4 Å². The molecule has 0 bridgehead atoms. The molecule has 2 saturated heterocycles. The van der Waals surface area contributed by atoms with Crippen LogP contribution in [-0.4, -0.2) is 147 Å². The van der Waals surface area contributed by atoms with E-state index in [9.17, 15) is 19.2 Å². The number of hydrogen-bond acceptors (Lipinski definition) is 13.